The van der Waals surface area contributed by atoms with Gasteiger partial charge in [0.1, 0.15) is 0 Å². The maximum absolute atomic E-state index is 5.46. The summed E-state index contributed by atoms with van der Waals surface area (Å²) in [7, 11) is 4.24. The Labute approximate surface area is 127 Å². The molecule has 0 atom stereocenters. The van der Waals surface area contributed by atoms with Crippen LogP contribution in [-0.2, 0) is 6.54 Å². The zero-order valence-corrected chi connectivity index (χ0v) is 14.0. The van der Waals surface area contributed by atoms with Gasteiger partial charge in [0.2, 0.25) is 0 Å². The Hall–Kier alpha value is -0.860. The van der Waals surface area contributed by atoms with Crippen molar-refractivity contribution in [2.45, 2.75) is 20.4 Å². The van der Waals surface area contributed by atoms with Gasteiger partial charge in [-0.05, 0) is 31.5 Å². The van der Waals surface area contributed by atoms with Crippen LogP contribution in [0.25, 0.3) is 0 Å². The molecule has 1 aromatic heterocycles. The van der Waals surface area contributed by atoms with Crippen molar-refractivity contribution in [2.24, 2.45) is 11.7 Å². The lowest BCUT2D eigenvalue weighted by atomic mass is 10.2. The van der Waals surface area contributed by atoms with Crippen molar-refractivity contribution in [3.8, 4) is 11.8 Å². The molecule has 2 N–H and O–H groups in total. The average Bonchev–Trinajstić information content (AvgIpc) is 2.80. The van der Waals surface area contributed by atoms with E-state index >= 15 is 0 Å². The van der Waals surface area contributed by atoms with Gasteiger partial charge in [-0.3, -0.25) is 4.90 Å². The van der Waals surface area contributed by atoms with Gasteiger partial charge in [0, 0.05) is 36.6 Å². The molecule has 0 spiro atoms. The molecule has 1 rings (SSSR count). The first kappa shape index (κ1) is 17.2. The Kier molecular flexibility index (Phi) is 7.86. The van der Waals surface area contributed by atoms with Gasteiger partial charge in [-0.2, -0.15) is 0 Å². The second-order valence-corrected chi connectivity index (χ2v) is 6.70. The number of thiophene rings is 1. The highest BCUT2D eigenvalue weighted by Gasteiger charge is 2.11. The summed E-state index contributed by atoms with van der Waals surface area (Å²) in [4.78, 5) is 6.10. The molecule has 0 aromatic carbocycles. The van der Waals surface area contributed by atoms with E-state index in [1.165, 1.54) is 4.88 Å². The van der Waals surface area contributed by atoms with Crippen molar-refractivity contribution < 1.29 is 0 Å². The molecule has 3 nitrogen and oxygen atoms in total. The van der Waals surface area contributed by atoms with Crippen LogP contribution in [0.5, 0.6) is 0 Å². The molecule has 0 amide bonds. The molecule has 0 saturated heterocycles. The molecule has 0 fully saturated rings. The fourth-order valence-corrected chi connectivity index (χ4v) is 2.89. The zero-order valence-electron chi connectivity index (χ0n) is 13.1. The Bertz CT molecular complexity index is 440. The lowest BCUT2D eigenvalue weighted by Gasteiger charge is -2.25. The Morgan fingerprint density at radius 2 is 2.05 bits per heavy atom. The molecule has 0 bridgehead atoms. The van der Waals surface area contributed by atoms with E-state index in [4.69, 9.17) is 5.73 Å². The molecular formula is C16H27N3S. The Morgan fingerprint density at radius 3 is 2.65 bits per heavy atom. The average molecular weight is 293 g/mol. The lowest BCUT2D eigenvalue weighted by Crippen LogP contribution is -2.33. The van der Waals surface area contributed by atoms with Crippen molar-refractivity contribution >= 4 is 11.3 Å². The molecule has 0 unspecified atom stereocenters. The number of likely N-dealkylation sites (N-methyl/N-ethyl adjacent to an activating group) is 1. The van der Waals surface area contributed by atoms with Crippen molar-refractivity contribution in [1.29, 1.82) is 0 Å². The summed E-state index contributed by atoms with van der Waals surface area (Å²) in [6.07, 6.45) is 0. The van der Waals surface area contributed by atoms with Gasteiger partial charge >= 0.3 is 0 Å². The topological polar surface area (TPSA) is 32.5 Å². The van der Waals surface area contributed by atoms with E-state index in [1.807, 2.05) is 0 Å². The van der Waals surface area contributed by atoms with Crippen molar-refractivity contribution in [1.82, 2.24) is 9.80 Å². The third-order valence-electron chi connectivity index (χ3n) is 2.92. The molecule has 0 saturated carbocycles. The van der Waals surface area contributed by atoms with E-state index in [0.717, 1.165) is 31.7 Å². The summed E-state index contributed by atoms with van der Waals surface area (Å²) in [6, 6.07) is 2.10. The third-order valence-corrected chi connectivity index (χ3v) is 3.83. The second kappa shape index (κ2) is 9.15. The molecule has 1 heterocycles. The molecule has 0 aliphatic rings. The first-order chi connectivity index (χ1) is 9.52. The fourth-order valence-electron chi connectivity index (χ4n) is 2.02. The standard InChI is InChI=1S/C16H27N3S/c1-14(2)12-19(10-9-18(3)4)13-16-15(6-5-8-17)7-11-20-16/h7,11,14H,8-10,12-13,17H2,1-4H3. The smallest absolute Gasteiger partial charge is 0.0555 e. The van der Waals surface area contributed by atoms with Crippen molar-refractivity contribution in [2.75, 3.05) is 40.3 Å². The maximum Gasteiger partial charge on any atom is 0.0555 e. The summed E-state index contributed by atoms with van der Waals surface area (Å²) in [5.74, 6) is 6.80. The van der Waals surface area contributed by atoms with Crippen LogP contribution in [0.15, 0.2) is 11.4 Å². The van der Waals surface area contributed by atoms with Gasteiger partial charge in [0.25, 0.3) is 0 Å². The quantitative estimate of drug-likeness (QED) is 0.781. The van der Waals surface area contributed by atoms with Gasteiger partial charge in [0.15, 0.2) is 0 Å². The van der Waals surface area contributed by atoms with Crippen molar-refractivity contribution in [3.63, 3.8) is 0 Å². The number of hydrogen-bond acceptors (Lipinski definition) is 4. The highest BCUT2D eigenvalue weighted by Crippen LogP contribution is 2.18. The summed E-state index contributed by atoms with van der Waals surface area (Å²) in [5, 5.41) is 2.12. The number of hydrogen-bond donors (Lipinski definition) is 1. The van der Waals surface area contributed by atoms with Gasteiger partial charge in [-0.25, -0.2) is 0 Å². The van der Waals surface area contributed by atoms with Crippen LogP contribution in [0.3, 0.4) is 0 Å². The second-order valence-electron chi connectivity index (χ2n) is 5.70. The predicted molar refractivity (Wildman–Crippen MR) is 88.9 cm³/mol. The monoisotopic (exact) mass is 293 g/mol. The van der Waals surface area contributed by atoms with Crippen LogP contribution >= 0.6 is 11.3 Å². The molecule has 4 heteroatoms. The minimum Gasteiger partial charge on any atom is -0.320 e. The third kappa shape index (κ3) is 6.53. The molecule has 0 aliphatic heterocycles. The van der Waals surface area contributed by atoms with E-state index in [1.54, 1.807) is 11.3 Å². The fraction of sp³-hybridized carbons (Fsp3) is 0.625. The molecule has 0 radical (unpaired) electrons. The number of rotatable bonds is 7. The summed E-state index contributed by atoms with van der Waals surface area (Å²) < 4.78 is 0. The van der Waals surface area contributed by atoms with Crippen LogP contribution in [0.1, 0.15) is 24.3 Å². The van der Waals surface area contributed by atoms with E-state index in [2.05, 4.69) is 61.0 Å². The zero-order chi connectivity index (χ0) is 15.0. The van der Waals surface area contributed by atoms with Crippen LogP contribution in [-0.4, -0.2) is 50.1 Å². The minimum atomic E-state index is 0.422. The highest BCUT2D eigenvalue weighted by atomic mass is 32.1. The Balaban J connectivity index is 2.70. The summed E-state index contributed by atoms with van der Waals surface area (Å²) in [5.41, 5.74) is 6.60. The van der Waals surface area contributed by atoms with E-state index in [-0.39, 0.29) is 0 Å². The summed E-state index contributed by atoms with van der Waals surface area (Å²) in [6.45, 7) is 9.24. The molecule has 112 valence electrons. The molecule has 0 aliphatic carbocycles. The lowest BCUT2D eigenvalue weighted by molar-refractivity contribution is 0.213. The molecule has 20 heavy (non-hydrogen) atoms. The number of nitrogens with two attached hydrogens (primary N) is 1. The van der Waals surface area contributed by atoms with E-state index < -0.39 is 0 Å². The van der Waals surface area contributed by atoms with Gasteiger partial charge in [-0.1, -0.05) is 25.7 Å². The van der Waals surface area contributed by atoms with Gasteiger partial charge in [0.05, 0.1) is 6.54 Å². The normalized spacial score (nSPS) is 11.2. The van der Waals surface area contributed by atoms with Crippen LogP contribution in [0, 0.1) is 17.8 Å². The minimum absolute atomic E-state index is 0.422. The van der Waals surface area contributed by atoms with Crippen LogP contribution in [0.2, 0.25) is 0 Å². The Morgan fingerprint density at radius 1 is 1.30 bits per heavy atom. The van der Waals surface area contributed by atoms with Gasteiger partial charge < -0.3 is 10.6 Å². The van der Waals surface area contributed by atoms with Crippen LogP contribution < -0.4 is 5.73 Å². The van der Waals surface area contributed by atoms with Crippen molar-refractivity contribution in [3.05, 3.63) is 21.9 Å². The van der Waals surface area contributed by atoms with E-state index in [9.17, 15) is 0 Å². The summed E-state index contributed by atoms with van der Waals surface area (Å²) >= 11 is 1.79. The highest BCUT2D eigenvalue weighted by molar-refractivity contribution is 7.10. The first-order valence-corrected chi connectivity index (χ1v) is 8.03. The van der Waals surface area contributed by atoms with Gasteiger partial charge in [-0.15, -0.1) is 11.3 Å². The molecular weight excluding hydrogens is 266 g/mol. The first-order valence-electron chi connectivity index (χ1n) is 7.15. The SMILES string of the molecule is CC(C)CN(CCN(C)C)Cc1sccc1C#CCN. The molecule has 1 aromatic rings. The van der Waals surface area contributed by atoms with E-state index in [0.29, 0.717) is 12.5 Å². The largest absolute Gasteiger partial charge is 0.320 e. The predicted octanol–water partition coefficient (Wildman–Crippen LogP) is 2.08. The van der Waals surface area contributed by atoms with Crippen LogP contribution in [0.4, 0.5) is 0 Å². The maximum atomic E-state index is 5.46. The number of nitrogens with zero attached hydrogens (tertiary/aromatic N) is 2.